The highest BCUT2D eigenvalue weighted by molar-refractivity contribution is 6.34. The number of nitrogen functional groups attached to an aromatic ring is 1. The zero-order valence-electron chi connectivity index (χ0n) is 20.9. The van der Waals surface area contributed by atoms with Gasteiger partial charge in [-0.25, -0.2) is 18.3 Å². The minimum atomic E-state index is -5.81. The van der Waals surface area contributed by atoms with Crippen molar-refractivity contribution in [1.82, 2.24) is 24.8 Å². The lowest BCUT2D eigenvalue weighted by atomic mass is 10.0. The first kappa shape index (κ1) is 32.0. The average molecular weight is 653 g/mol. The van der Waals surface area contributed by atoms with Crippen LogP contribution in [-0.2, 0) is 11.0 Å². The first-order valence-electron chi connectivity index (χ1n) is 11.7. The maximum atomic E-state index is 14.9. The second kappa shape index (κ2) is 11.0. The molecule has 234 valence electrons. The average Bonchev–Trinajstić information content (AvgIpc) is 3.43. The molecule has 3 N–H and O–H groups in total. The van der Waals surface area contributed by atoms with Crippen LogP contribution in [0.1, 0.15) is 22.3 Å². The third kappa shape index (κ3) is 6.40. The summed E-state index contributed by atoms with van der Waals surface area (Å²) < 4.78 is 148. The SMILES string of the molecule is Nc1ncnn2c(-c3cc(C(=O)N[C@@H]4CN(C(=O)CC(C(F)(F)F)C(F)(F)F)C[C@@H]4F)c(Cl)cc3F)cc(C(F)(F)F)c12. The Labute approximate surface area is 237 Å². The van der Waals surface area contributed by atoms with Gasteiger partial charge in [-0.1, -0.05) is 11.6 Å². The Morgan fingerprint density at radius 3 is 2.26 bits per heavy atom. The number of nitrogens with zero attached hydrogens (tertiary/aromatic N) is 4. The lowest BCUT2D eigenvalue weighted by Crippen LogP contribution is -2.43. The molecule has 3 heterocycles. The van der Waals surface area contributed by atoms with Gasteiger partial charge in [0.15, 0.2) is 11.7 Å². The number of nitrogens with two attached hydrogens (primary N) is 1. The number of aromatic nitrogens is 3. The molecule has 0 aliphatic carbocycles. The molecule has 4 rings (SSSR count). The van der Waals surface area contributed by atoms with E-state index >= 15 is 0 Å². The molecule has 8 nitrogen and oxygen atoms in total. The van der Waals surface area contributed by atoms with Crippen LogP contribution in [0.2, 0.25) is 5.02 Å². The Hall–Kier alpha value is -3.90. The Kier molecular flexibility index (Phi) is 8.18. The largest absolute Gasteiger partial charge is 0.418 e. The number of carbonyl (C=O) groups excluding carboxylic acids is 2. The van der Waals surface area contributed by atoms with Crippen LogP contribution >= 0.6 is 11.6 Å². The number of hydrogen-bond acceptors (Lipinski definition) is 5. The summed E-state index contributed by atoms with van der Waals surface area (Å²) in [6.45, 7) is -1.78. The highest BCUT2D eigenvalue weighted by Crippen LogP contribution is 2.42. The third-order valence-corrected chi connectivity index (χ3v) is 6.86. The fraction of sp³-hybridized carbons (Fsp3) is 0.391. The van der Waals surface area contributed by atoms with Crippen molar-refractivity contribution in [3.63, 3.8) is 0 Å². The highest BCUT2D eigenvalue weighted by atomic mass is 35.5. The molecule has 1 aliphatic heterocycles. The van der Waals surface area contributed by atoms with E-state index in [-0.39, 0.29) is 0 Å². The van der Waals surface area contributed by atoms with Crippen molar-refractivity contribution >= 4 is 34.7 Å². The molecule has 2 aromatic heterocycles. The second-order valence-corrected chi connectivity index (χ2v) is 9.80. The van der Waals surface area contributed by atoms with Gasteiger partial charge in [0.2, 0.25) is 5.91 Å². The maximum absolute atomic E-state index is 14.9. The lowest BCUT2D eigenvalue weighted by Gasteiger charge is -2.25. The van der Waals surface area contributed by atoms with Crippen LogP contribution in [-0.4, -0.2) is 69.0 Å². The van der Waals surface area contributed by atoms with Crippen LogP contribution < -0.4 is 11.1 Å². The molecule has 0 bridgehead atoms. The van der Waals surface area contributed by atoms with Gasteiger partial charge in [0.1, 0.15) is 23.8 Å². The number of halogens is 12. The van der Waals surface area contributed by atoms with E-state index in [9.17, 15) is 57.9 Å². The van der Waals surface area contributed by atoms with Gasteiger partial charge in [0.25, 0.3) is 5.91 Å². The topological polar surface area (TPSA) is 106 Å². The van der Waals surface area contributed by atoms with Crippen molar-refractivity contribution in [3.8, 4) is 11.3 Å². The molecule has 1 saturated heterocycles. The zero-order chi connectivity index (χ0) is 32.2. The number of fused-ring (bicyclic) bond motifs is 1. The van der Waals surface area contributed by atoms with Gasteiger partial charge in [-0.3, -0.25) is 9.59 Å². The standard InChI is InChI=1S/C23H16ClF11N6O2/c24-11-3-12(25)9(15-2-10(21(27,28)29)18-19(36)37-7-38-41(15)18)1-8(11)20(43)39-14-6-40(5-13(14)26)17(42)4-16(22(30,31)32)23(33,34)35/h1-3,7,13-14,16H,4-6H2,(H,39,43)(H2,36,37,38)/t13-,14+/m0/s1. The van der Waals surface area contributed by atoms with Gasteiger partial charge < -0.3 is 16.0 Å². The van der Waals surface area contributed by atoms with Crippen LogP contribution in [0.4, 0.5) is 54.1 Å². The third-order valence-electron chi connectivity index (χ3n) is 6.55. The predicted molar refractivity (Wildman–Crippen MR) is 126 cm³/mol. The Morgan fingerprint density at radius 2 is 1.67 bits per heavy atom. The van der Waals surface area contributed by atoms with Gasteiger partial charge in [-0.15, -0.1) is 0 Å². The summed E-state index contributed by atoms with van der Waals surface area (Å²) in [5, 5.41) is 5.13. The minimum Gasteiger partial charge on any atom is -0.382 e. The maximum Gasteiger partial charge on any atom is 0.418 e. The number of amides is 2. The molecule has 2 amide bonds. The van der Waals surface area contributed by atoms with E-state index < -0.39 is 113 Å². The smallest absolute Gasteiger partial charge is 0.382 e. The van der Waals surface area contributed by atoms with E-state index in [1.165, 1.54) is 0 Å². The Balaban J connectivity index is 1.60. The van der Waals surface area contributed by atoms with E-state index in [0.29, 0.717) is 21.5 Å². The van der Waals surface area contributed by atoms with Gasteiger partial charge >= 0.3 is 18.5 Å². The molecule has 0 radical (unpaired) electrons. The number of benzene rings is 1. The number of alkyl halides is 10. The zero-order valence-corrected chi connectivity index (χ0v) is 21.6. The van der Waals surface area contributed by atoms with E-state index in [1.54, 1.807) is 0 Å². The lowest BCUT2D eigenvalue weighted by molar-refractivity contribution is -0.284. The van der Waals surface area contributed by atoms with Gasteiger partial charge in [0.05, 0.1) is 34.4 Å². The molecule has 1 aromatic carbocycles. The first-order chi connectivity index (χ1) is 19.7. The van der Waals surface area contributed by atoms with Crippen molar-refractivity contribution in [3.05, 3.63) is 46.5 Å². The van der Waals surface area contributed by atoms with Gasteiger partial charge in [-0.05, 0) is 18.2 Å². The van der Waals surface area contributed by atoms with Crippen molar-refractivity contribution in [2.24, 2.45) is 5.92 Å². The van der Waals surface area contributed by atoms with Crippen LogP contribution in [0.5, 0.6) is 0 Å². The molecular formula is C23H16ClF11N6O2. The summed E-state index contributed by atoms with van der Waals surface area (Å²) in [7, 11) is 0. The number of carbonyl (C=O) groups is 2. The fourth-order valence-corrected chi connectivity index (χ4v) is 4.70. The molecule has 20 heteroatoms. The molecule has 3 aromatic rings. The highest BCUT2D eigenvalue weighted by Gasteiger charge is 2.57. The number of nitrogens with one attached hydrogen (secondary N) is 1. The first-order valence-corrected chi connectivity index (χ1v) is 12.1. The molecule has 43 heavy (non-hydrogen) atoms. The van der Waals surface area contributed by atoms with Crippen molar-refractivity contribution in [2.75, 3.05) is 18.8 Å². The Bertz CT molecular complexity index is 1560. The van der Waals surface area contributed by atoms with Crippen LogP contribution in [0.25, 0.3) is 16.8 Å². The van der Waals surface area contributed by atoms with Gasteiger partial charge in [0, 0.05) is 18.5 Å². The summed E-state index contributed by atoms with van der Waals surface area (Å²) in [6.07, 6.45) is -20.0. The number of anilines is 1. The van der Waals surface area contributed by atoms with Crippen molar-refractivity contribution < 1.29 is 57.9 Å². The molecule has 1 fully saturated rings. The molecule has 2 atom stereocenters. The normalized spacial score (nSPS) is 18.1. The number of likely N-dealkylation sites (tertiary alicyclic amines) is 1. The van der Waals surface area contributed by atoms with Crippen molar-refractivity contribution in [2.45, 2.75) is 37.2 Å². The minimum absolute atomic E-state index is 0.368. The second-order valence-electron chi connectivity index (χ2n) is 9.39. The summed E-state index contributed by atoms with van der Waals surface area (Å²) in [6, 6.07) is 0.126. The quantitative estimate of drug-likeness (QED) is 0.369. The van der Waals surface area contributed by atoms with E-state index in [1.807, 2.05) is 0 Å². The van der Waals surface area contributed by atoms with Crippen LogP contribution in [0.3, 0.4) is 0 Å². The molecule has 0 unspecified atom stereocenters. The van der Waals surface area contributed by atoms with Crippen LogP contribution in [0, 0.1) is 11.7 Å². The van der Waals surface area contributed by atoms with E-state index in [4.69, 9.17) is 17.3 Å². The summed E-state index contributed by atoms with van der Waals surface area (Å²) >= 11 is 5.94. The fourth-order valence-electron chi connectivity index (χ4n) is 4.47. The predicted octanol–water partition coefficient (Wildman–Crippen LogP) is 5.20. The summed E-state index contributed by atoms with van der Waals surface area (Å²) in [5.41, 5.74) is 1.73. The van der Waals surface area contributed by atoms with Crippen LogP contribution in [0.15, 0.2) is 24.5 Å². The molecule has 0 spiro atoms. The van der Waals surface area contributed by atoms with E-state index in [2.05, 4.69) is 15.4 Å². The summed E-state index contributed by atoms with van der Waals surface area (Å²) in [4.78, 5) is 29.0. The van der Waals surface area contributed by atoms with Crippen molar-refractivity contribution in [1.29, 1.82) is 0 Å². The molecule has 1 aliphatic rings. The monoisotopic (exact) mass is 652 g/mol. The van der Waals surface area contributed by atoms with E-state index in [0.717, 1.165) is 12.4 Å². The van der Waals surface area contributed by atoms with Gasteiger partial charge in [-0.2, -0.15) is 44.6 Å². The molecular weight excluding hydrogens is 637 g/mol. The molecule has 0 saturated carbocycles. The Morgan fingerprint density at radius 1 is 1.05 bits per heavy atom. The number of hydrogen-bond donors (Lipinski definition) is 2. The summed E-state index contributed by atoms with van der Waals surface area (Å²) in [5.74, 6) is -8.74. The number of rotatable bonds is 5.